The first kappa shape index (κ1) is 20.1. The predicted octanol–water partition coefficient (Wildman–Crippen LogP) is 3.36. The quantitative estimate of drug-likeness (QED) is 0.575. The lowest BCUT2D eigenvalue weighted by Gasteiger charge is -2.27. The molecule has 8 heteroatoms. The van der Waals surface area contributed by atoms with Gasteiger partial charge in [-0.1, -0.05) is 12.1 Å². The summed E-state index contributed by atoms with van der Waals surface area (Å²) in [5, 5.41) is 0. The Morgan fingerprint density at radius 3 is 2.57 bits per heavy atom. The molecular weight excluding hydrogens is 380 g/mol. The number of sulfonamides is 1. The van der Waals surface area contributed by atoms with Gasteiger partial charge in [-0.15, -0.1) is 0 Å². The van der Waals surface area contributed by atoms with Crippen molar-refractivity contribution in [3.05, 3.63) is 66.9 Å². The van der Waals surface area contributed by atoms with Gasteiger partial charge in [0.15, 0.2) is 0 Å². The largest absolute Gasteiger partial charge is 0.495 e. The molecule has 3 aromatic rings. The van der Waals surface area contributed by atoms with Crippen molar-refractivity contribution >= 4 is 10.0 Å². The molecule has 1 aromatic carbocycles. The maximum absolute atomic E-state index is 13.5. The average Bonchev–Trinajstić information content (AvgIpc) is 3.26. The second-order valence-corrected chi connectivity index (χ2v) is 8.09. The fourth-order valence-electron chi connectivity index (χ4n) is 2.92. The third-order valence-electron chi connectivity index (χ3n) is 4.47. The lowest BCUT2D eigenvalue weighted by atomic mass is 10.1. The van der Waals surface area contributed by atoms with Gasteiger partial charge in [0, 0.05) is 25.9 Å². The van der Waals surface area contributed by atoms with E-state index >= 15 is 0 Å². The van der Waals surface area contributed by atoms with Crippen LogP contribution < -0.4 is 4.74 Å². The molecule has 0 saturated heterocycles. The van der Waals surface area contributed by atoms with Crippen LogP contribution in [0.1, 0.15) is 11.7 Å². The van der Waals surface area contributed by atoms with Crippen LogP contribution in [0.25, 0.3) is 11.1 Å². The standard InChI is InChI=1S/C20H22N2O5S/c1-22(18(14-25-2)17-6-4-5-10-21-17)28(23,24)20-12-15(7-8-19(20)26-3)16-9-11-27-13-16/h4-13,18H,14H2,1-3H3. The number of furan rings is 1. The number of benzene rings is 1. The van der Waals surface area contributed by atoms with Crippen LogP contribution in [0.15, 0.2) is 70.5 Å². The second-order valence-electron chi connectivity index (χ2n) is 6.12. The number of hydrogen-bond donors (Lipinski definition) is 0. The van der Waals surface area contributed by atoms with E-state index in [0.717, 1.165) is 5.56 Å². The molecular formula is C20H22N2O5S. The van der Waals surface area contributed by atoms with Crippen LogP contribution in [0.3, 0.4) is 0 Å². The summed E-state index contributed by atoms with van der Waals surface area (Å²) in [6.45, 7) is 0.163. The molecule has 2 heterocycles. The first-order valence-corrected chi connectivity index (χ1v) is 10.0. The van der Waals surface area contributed by atoms with Gasteiger partial charge in [0.25, 0.3) is 0 Å². The molecule has 148 valence electrons. The monoisotopic (exact) mass is 402 g/mol. The third-order valence-corrected chi connectivity index (χ3v) is 6.36. The average molecular weight is 402 g/mol. The fraction of sp³-hybridized carbons (Fsp3) is 0.250. The van der Waals surface area contributed by atoms with Gasteiger partial charge in [0.1, 0.15) is 10.6 Å². The number of ether oxygens (including phenoxy) is 2. The highest BCUT2D eigenvalue weighted by Gasteiger charge is 2.32. The van der Waals surface area contributed by atoms with E-state index in [1.165, 1.54) is 31.8 Å². The highest BCUT2D eigenvalue weighted by Crippen LogP contribution is 2.34. The predicted molar refractivity (Wildman–Crippen MR) is 104 cm³/mol. The van der Waals surface area contributed by atoms with E-state index in [9.17, 15) is 8.42 Å². The Balaban J connectivity index is 2.06. The Bertz CT molecular complexity index is 1000. The van der Waals surface area contributed by atoms with Crippen LogP contribution in [0.4, 0.5) is 0 Å². The van der Waals surface area contributed by atoms with Crippen LogP contribution >= 0.6 is 0 Å². The van der Waals surface area contributed by atoms with E-state index in [1.807, 2.05) is 6.07 Å². The van der Waals surface area contributed by atoms with E-state index < -0.39 is 16.1 Å². The van der Waals surface area contributed by atoms with Gasteiger partial charge in [-0.2, -0.15) is 4.31 Å². The summed E-state index contributed by atoms with van der Waals surface area (Å²) in [4.78, 5) is 4.36. The maximum atomic E-state index is 13.5. The van der Waals surface area contributed by atoms with E-state index in [-0.39, 0.29) is 17.3 Å². The smallest absolute Gasteiger partial charge is 0.247 e. The number of nitrogens with zero attached hydrogens (tertiary/aromatic N) is 2. The van der Waals surface area contributed by atoms with E-state index in [2.05, 4.69) is 4.98 Å². The second kappa shape index (κ2) is 8.55. The van der Waals surface area contributed by atoms with Gasteiger partial charge in [0.2, 0.25) is 10.0 Å². The van der Waals surface area contributed by atoms with Gasteiger partial charge in [-0.25, -0.2) is 8.42 Å². The van der Waals surface area contributed by atoms with E-state index in [1.54, 1.807) is 48.9 Å². The Morgan fingerprint density at radius 1 is 1.14 bits per heavy atom. The molecule has 7 nitrogen and oxygen atoms in total. The summed E-state index contributed by atoms with van der Waals surface area (Å²) >= 11 is 0. The number of pyridine rings is 1. The minimum absolute atomic E-state index is 0.0632. The highest BCUT2D eigenvalue weighted by molar-refractivity contribution is 7.89. The minimum Gasteiger partial charge on any atom is -0.495 e. The third kappa shape index (κ3) is 3.94. The first-order valence-electron chi connectivity index (χ1n) is 8.57. The Hall–Kier alpha value is -2.68. The summed E-state index contributed by atoms with van der Waals surface area (Å²) in [6.07, 6.45) is 4.72. The Kier molecular flexibility index (Phi) is 6.13. The minimum atomic E-state index is -3.91. The van der Waals surface area contributed by atoms with Crippen molar-refractivity contribution in [1.29, 1.82) is 0 Å². The van der Waals surface area contributed by atoms with Gasteiger partial charge < -0.3 is 13.9 Å². The number of likely N-dealkylation sites (N-methyl/N-ethyl adjacent to an activating group) is 1. The van der Waals surface area contributed by atoms with Crippen molar-refractivity contribution in [2.45, 2.75) is 10.9 Å². The van der Waals surface area contributed by atoms with Crippen LogP contribution in [-0.2, 0) is 14.8 Å². The van der Waals surface area contributed by atoms with Crippen molar-refractivity contribution in [1.82, 2.24) is 9.29 Å². The van der Waals surface area contributed by atoms with Gasteiger partial charge in [-0.3, -0.25) is 4.98 Å². The zero-order valence-electron chi connectivity index (χ0n) is 15.9. The molecule has 1 unspecified atom stereocenters. The molecule has 0 fully saturated rings. The van der Waals surface area contributed by atoms with Gasteiger partial charge in [-0.05, 0) is 35.9 Å². The molecule has 28 heavy (non-hydrogen) atoms. The molecule has 0 aliphatic rings. The number of methoxy groups -OCH3 is 2. The van der Waals surface area contributed by atoms with Crippen molar-refractivity contribution in [3.63, 3.8) is 0 Å². The van der Waals surface area contributed by atoms with Crippen LogP contribution in [0.5, 0.6) is 5.75 Å². The Labute approximate surface area is 164 Å². The molecule has 2 aromatic heterocycles. The van der Waals surface area contributed by atoms with Gasteiger partial charge in [0.05, 0.1) is 38.0 Å². The van der Waals surface area contributed by atoms with E-state index in [4.69, 9.17) is 13.9 Å². The Morgan fingerprint density at radius 2 is 1.96 bits per heavy atom. The van der Waals surface area contributed by atoms with Crippen molar-refractivity contribution in [3.8, 4) is 16.9 Å². The van der Waals surface area contributed by atoms with Crippen LogP contribution in [-0.4, -0.2) is 45.6 Å². The molecule has 0 spiro atoms. The summed E-state index contributed by atoms with van der Waals surface area (Å²) in [5.41, 5.74) is 2.09. The molecule has 0 aliphatic carbocycles. The fourth-order valence-corrected chi connectivity index (χ4v) is 4.41. The molecule has 0 radical (unpaired) electrons. The highest BCUT2D eigenvalue weighted by atomic mass is 32.2. The molecule has 1 atom stereocenters. The van der Waals surface area contributed by atoms with Crippen LogP contribution in [0, 0.1) is 0 Å². The van der Waals surface area contributed by atoms with Crippen LogP contribution in [0.2, 0.25) is 0 Å². The molecule has 3 rings (SSSR count). The normalized spacial score (nSPS) is 12.9. The summed E-state index contributed by atoms with van der Waals surface area (Å²) < 4.78 is 43.9. The molecule has 0 bridgehead atoms. The van der Waals surface area contributed by atoms with Crippen molar-refractivity contribution in [2.75, 3.05) is 27.9 Å². The zero-order chi connectivity index (χ0) is 20.1. The first-order chi connectivity index (χ1) is 13.5. The summed E-state index contributed by atoms with van der Waals surface area (Å²) in [6, 6.07) is 11.5. The molecule has 0 amide bonds. The SMILES string of the molecule is COCC(c1ccccn1)N(C)S(=O)(=O)c1cc(-c2ccoc2)ccc1OC. The van der Waals surface area contributed by atoms with Crippen molar-refractivity contribution < 1.29 is 22.3 Å². The molecule has 0 aliphatic heterocycles. The van der Waals surface area contributed by atoms with Crippen molar-refractivity contribution in [2.24, 2.45) is 0 Å². The number of hydrogen-bond acceptors (Lipinski definition) is 6. The summed E-state index contributed by atoms with van der Waals surface area (Å²) in [5.74, 6) is 0.260. The lowest BCUT2D eigenvalue weighted by Crippen LogP contribution is -2.34. The molecule has 0 saturated carbocycles. The maximum Gasteiger partial charge on any atom is 0.247 e. The van der Waals surface area contributed by atoms with Gasteiger partial charge >= 0.3 is 0 Å². The summed E-state index contributed by atoms with van der Waals surface area (Å²) in [7, 11) is 0.570. The molecule has 0 N–H and O–H groups in total. The lowest BCUT2D eigenvalue weighted by molar-refractivity contribution is 0.140. The van der Waals surface area contributed by atoms with E-state index in [0.29, 0.717) is 11.3 Å². The topological polar surface area (TPSA) is 81.9 Å². The zero-order valence-corrected chi connectivity index (χ0v) is 16.7. The number of rotatable bonds is 8. The number of aromatic nitrogens is 1.